The van der Waals surface area contributed by atoms with Crippen LogP contribution in [0.1, 0.15) is 26.2 Å². The molecule has 0 aromatic heterocycles. The number of hydrogen-bond acceptors (Lipinski definition) is 4. The van der Waals surface area contributed by atoms with Gasteiger partial charge in [-0.05, 0) is 25.7 Å². The van der Waals surface area contributed by atoms with Crippen molar-refractivity contribution >= 4 is 11.9 Å². The number of nitrogens with one attached hydrogen (secondary N) is 1. The van der Waals surface area contributed by atoms with Gasteiger partial charge in [-0.25, -0.2) is 4.79 Å². The van der Waals surface area contributed by atoms with Gasteiger partial charge in [0.2, 0.25) is 0 Å². The smallest absolute Gasteiger partial charge is 0.396 e. The largest absolute Gasteiger partial charge is 0.459 e. The molecule has 0 aliphatic heterocycles. The molecule has 15 heavy (non-hydrogen) atoms. The quantitative estimate of drug-likeness (QED) is 0.503. The highest BCUT2D eigenvalue weighted by Gasteiger charge is 2.25. The van der Waals surface area contributed by atoms with Crippen LogP contribution in [0.5, 0.6) is 0 Å². The van der Waals surface area contributed by atoms with Crippen molar-refractivity contribution < 1.29 is 14.3 Å². The lowest BCUT2D eigenvalue weighted by Crippen LogP contribution is -2.39. The lowest BCUT2D eigenvalue weighted by atomic mass is 10.1. The second-order valence-electron chi connectivity index (χ2n) is 3.79. The van der Waals surface area contributed by atoms with Crippen LogP contribution < -0.4 is 11.1 Å². The van der Waals surface area contributed by atoms with Crippen LogP contribution in [0.3, 0.4) is 0 Å². The van der Waals surface area contributed by atoms with Crippen molar-refractivity contribution in [3.8, 4) is 0 Å². The number of hydrogen-bond donors (Lipinski definition) is 2. The maximum atomic E-state index is 11.2. The Morgan fingerprint density at radius 1 is 1.47 bits per heavy atom. The van der Waals surface area contributed by atoms with Gasteiger partial charge >= 0.3 is 11.9 Å². The highest BCUT2D eigenvalue weighted by molar-refractivity contribution is 6.32. The Balaban J connectivity index is 2.24. The number of ether oxygens (including phenoxy) is 1. The predicted molar refractivity (Wildman–Crippen MR) is 55.0 cm³/mol. The van der Waals surface area contributed by atoms with Gasteiger partial charge in [-0.1, -0.05) is 6.42 Å². The molecule has 0 heterocycles. The van der Waals surface area contributed by atoms with E-state index < -0.39 is 11.9 Å². The monoisotopic (exact) mass is 214 g/mol. The Morgan fingerprint density at radius 3 is 2.73 bits per heavy atom. The van der Waals surface area contributed by atoms with E-state index in [-0.39, 0.29) is 12.6 Å². The predicted octanol–water partition coefficient (Wildman–Crippen LogP) is -0.207. The minimum absolute atomic E-state index is 0.146. The standard InChI is InChI=1S/C10H18N2O3/c1-2-15-10(14)9(13)12-6-7-4-3-5-8(7)11/h7-8H,2-6,11H2,1H3,(H,12,13). The van der Waals surface area contributed by atoms with Crippen molar-refractivity contribution in [3.63, 3.8) is 0 Å². The van der Waals surface area contributed by atoms with Crippen LogP contribution in [-0.2, 0) is 14.3 Å². The number of carbonyl (C=O) groups is 2. The van der Waals surface area contributed by atoms with Gasteiger partial charge in [0.1, 0.15) is 0 Å². The molecule has 0 spiro atoms. The van der Waals surface area contributed by atoms with Gasteiger partial charge in [-0.2, -0.15) is 0 Å². The molecule has 0 radical (unpaired) electrons. The summed E-state index contributed by atoms with van der Waals surface area (Å²) in [6.07, 6.45) is 3.12. The summed E-state index contributed by atoms with van der Waals surface area (Å²) < 4.78 is 4.56. The maximum Gasteiger partial charge on any atom is 0.396 e. The summed E-state index contributed by atoms with van der Waals surface area (Å²) in [6.45, 7) is 2.35. The molecule has 0 aromatic rings. The fourth-order valence-corrected chi connectivity index (χ4v) is 1.81. The highest BCUT2D eigenvalue weighted by atomic mass is 16.5. The molecule has 1 aliphatic carbocycles. The van der Waals surface area contributed by atoms with E-state index in [0.717, 1.165) is 19.3 Å². The average molecular weight is 214 g/mol. The van der Waals surface area contributed by atoms with Crippen molar-refractivity contribution in [2.75, 3.05) is 13.2 Å². The van der Waals surface area contributed by atoms with E-state index in [4.69, 9.17) is 5.73 Å². The molecular weight excluding hydrogens is 196 g/mol. The van der Waals surface area contributed by atoms with E-state index in [1.165, 1.54) is 0 Å². The van der Waals surface area contributed by atoms with Crippen LogP contribution in [0.25, 0.3) is 0 Å². The first-order valence-electron chi connectivity index (χ1n) is 5.35. The maximum absolute atomic E-state index is 11.2. The molecule has 0 aromatic carbocycles. The topological polar surface area (TPSA) is 81.4 Å². The zero-order valence-electron chi connectivity index (χ0n) is 8.99. The molecule has 1 aliphatic rings. The van der Waals surface area contributed by atoms with Crippen molar-refractivity contribution in [3.05, 3.63) is 0 Å². The summed E-state index contributed by atoms with van der Waals surface area (Å²) >= 11 is 0. The number of amides is 1. The third kappa shape index (κ3) is 3.51. The third-order valence-electron chi connectivity index (χ3n) is 2.70. The molecule has 5 nitrogen and oxygen atoms in total. The van der Waals surface area contributed by atoms with E-state index in [1.54, 1.807) is 6.92 Å². The molecule has 1 amide bonds. The number of nitrogens with two attached hydrogens (primary N) is 1. The van der Waals surface area contributed by atoms with Crippen LogP contribution in [0, 0.1) is 5.92 Å². The Morgan fingerprint density at radius 2 is 2.20 bits per heavy atom. The van der Waals surface area contributed by atoms with Crippen molar-refractivity contribution in [1.29, 1.82) is 0 Å². The second-order valence-corrected chi connectivity index (χ2v) is 3.79. The van der Waals surface area contributed by atoms with Crippen LogP contribution in [0.15, 0.2) is 0 Å². The summed E-state index contributed by atoms with van der Waals surface area (Å²) in [5.41, 5.74) is 5.83. The van der Waals surface area contributed by atoms with E-state index in [2.05, 4.69) is 10.1 Å². The van der Waals surface area contributed by atoms with Gasteiger partial charge in [-0.3, -0.25) is 4.79 Å². The normalized spacial score (nSPS) is 24.9. The molecule has 3 N–H and O–H groups in total. The molecule has 0 bridgehead atoms. The van der Waals surface area contributed by atoms with E-state index >= 15 is 0 Å². The first kappa shape index (κ1) is 12.0. The van der Waals surface area contributed by atoms with Gasteiger partial charge in [0, 0.05) is 12.6 Å². The summed E-state index contributed by atoms with van der Waals surface area (Å²) in [6, 6.07) is 0.146. The lowest BCUT2D eigenvalue weighted by Gasteiger charge is -2.15. The van der Waals surface area contributed by atoms with Crippen LogP contribution in [0.4, 0.5) is 0 Å². The first-order chi connectivity index (χ1) is 7.15. The molecule has 1 saturated carbocycles. The van der Waals surface area contributed by atoms with Gasteiger partial charge < -0.3 is 15.8 Å². The zero-order valence-corrected chi connectivity index (χ0v) is 8.99. The van der Waals surface area contributed by atoms with E-state index in [0.29, 0.717) is 12.5 Å². The van der Waals surface area contributed by atoms with Crippen molar-refractivity contribution in [2.45, 2.75) is 32.2 Å². The van der Waals surface area contributed by atoms with Crippen molar-refractivity contribution in [2.24, 2.45) is 11.7 Å². The lowest BCUT2D eigenvalue weighted by molar-refractivity contribution is -0.154. The number of esters is 1. The summed E-state index contributed by atoms with van der Waals surface area (Å²) in [5, 5.41) is 2.55. The summed E-state index contributed by atoms with van der Waals surface area (Å²) in [7, 11) is 0. The first-order valence-corrected chi connectivity index (χ1v) is 5.35. The van der Waals surface area contributed by atoms with Crippen LogP contribution in [0.2, 0.25) is 0 Å². The Labute approximate surface area is 89.3 Å². The van der Waals surface area contributed by atoms with Gasteiger partial charge in [0.15, 0.2) is 0 Å². The van der Waals surface area contributed by atoms with Crippen LogP contribution in [-0.4, -0.2) is 31.1 Å². The molecular formula is C10H18N2O3. The fourth-order valence-electron chi connectivity index (χ4n) is 1.81. The van der Waals surface area contributed by atoms with E-state index in [9.17, 15) is 9.59 Å². The molecule has 1 fully saturated rings. The molecule has 2 unspecified atom stereocenters. The fraction of sp³-hybridized carbons (Fsp3) is 0.800. The highest BCUT2D eigenvalue weighted by Crippen LogP contribution is 2.22. The Kier molecular flexibility index (Phi) is 4.55. The summed E-state index contributed by atoms with van der Waals surface area (Å²) in [5.74, 6) is -1.19. The van der Waals surface area contributed by atoms with E-state index in [1.807, 2.05) is 0 Å². The average Bonchev–Trinajstić information content (AvgIpc) is 2.61. The second kappa shape index (κ2) is 5.70. The third-order valence-corrected chi connectivity index (χ3v) is 2.70. The minimum atomic E-state index is -0.816. The number of carbonyl (C=O) groups excluding carboxylic acids is 2. The number of rotatable bonds is 3. The van der Waals surface area contributed by atoms with Gasteiger partial charge in [0.05, 0.1) is 6.61 Å². The molecule has 1 rings (SSSR count). The molecule has 86 valence electrons. The Bertz CT molecular complexity index is 243. The van der Waals surface area contributed by atoms with Crippen molar-refractivity contribution in [1.82, 2.24) is 5.32 Å². The Hall–Kier alpha value is -1.10. The molecule has 0 saturated heterocycles. The summed E-state index contributed by atoms with van der Waals surface area (Å²) in [4.78, 5) is 22.1. The SMILES string of the molecule is CCOC(=O)C(=O)NCC1CCCC1N. The molecule has 2 atom stereocenters. The van der Waals surface area contributed by atoms with Gasteiger partial charge in [0.25, 0.3) is 0 Å². The van der Waals surface area contributed by atoms with Gasteiger partial charge in [-0.15, -0.1) is 0 Å². The van der Waals surface area contributed by atoms with Crippen LogP contribution >= 0.6 is 0 Å². The minimum Gasteiger partial charge on any atom is -0.459 e. The molecule has 5 heteroatoms. The zero-order chi connectivity index (χ0) is 11.3.